The van der Waals surface area contributed by atoms with Crippen molar-refractivity contribution in [2.45, 2.75) is 37.9 Å². The first kappa shape index (κ1) is 15.7. The van der Waals surface area contributed by atoms with Gasteiger partial charge in [-0.15, -0.1) is 0 Å². The largest absolute Gasteiger partial charge is 0.352 e. The highest BCUT2D eigenvalue weighted by Gasteiger charge is 2.18. The Kier molecular flexibility index (Phi) is 4.76. The third-order valence-corrected chi connectivity index (χ3v) is 4.28. The minimum absolute atomic E-state index is 0.00664. The van der Waals surface area contributed by atoms with Gasteiger partial charge < -0.3 is 14.4 Å². The Morgan fingerprint density at radius 1 is 1.38 bits per heavy atom. The number of hydrogen-bond acceptors (Lipinski definition) is 6. The molecule has 0 saturated heterocycles. The van der Waals surface area contributed by atoms with E-state index in [4.69, 9.17) is 0 Å². The van der Waals surface area contributed by atoms with Gasteiger partial charge in [-0.3, -0.25) is 0 Å². The lowest BCUT2D eigenvalue weighted by molar-refractivity contribution is 0.409. The van der Waals surface area contributed by atoms with Crippen LogP contribution in [0.1, 0.15) is 25.4 Å². The molecule has 116 valence electrons. The van der Waals surface area contributed by atoms with E-state index >= 15 is 0 Å². The van der Waals surface area contributed by atoms with Gasteiger partial charge in [0.1, 0.15) is 0 Å². The van der Waals surface area contributed by atoms with E-state index < -0.39 is 10.0 Å². The summed E-state index contributed by atoms with van der Waals surface area (Å²) in [7, 11) is -1.78. The number of nitrogens with one attached hydrogen (secondary N) is 2. The van der Waals surface area contributed by atoms with E-state index in [0.717, 1.165) is 12.1 Å². The molecule has 0 spiro atoms. The van der Waals surface area contributed by atoms with Crippen molar-refractivity contribution in [3.63, 3.8) is 0 Å². The summed E-state index contributed by atoms with van der Waals surface area (Å²) < 4.78 is 33.2. The van der Waals surface area contributed by atoms with E-state index in [-0.39, 0.29) is 17.3 Å². The molecule has 0 unspecified atom stereocenters. The molecule has 8 nitrogen and oxygen atoms in total. The highest BCUT2D eigenvalue weighted by Crippen LogP contribution is 2.13. The van der Waals surface area contributed by atoms with Crippen LogP contribution >= 0.6 is 0 Å². The first-order valence-corrected chi connectivity index (χ1v) is 8.00. The van der Waals surface area contributed by atoms with Crippen LogP contribution < -0.4 is 10.0 Å². The molecule has 21 heavy (non-hydrogen) atoms. The smallest absolute Gasteiger partial charge is 0.242 e. The maximum Gasteiger partial charge on any atom is 0.242 e. The highest BCUT2D eigenvalue weighted by molar-refractivity contribution is 7.89. The van der Waals surface area contributed by atoms with Gasteiger partial charge in [-0.1, -0.05) is 19.0 Å². The second kappa shape index (κ2) is 6.37. The fraction of sp³-hybridized carbons (Fsp3) is 0.500. The summed E-state index contributed by atoms with van der Waals surface area (Å²) in [4.78, 5) is 3.98. The van der Waals surface area contributed by atoms with E-state index in [2.05, 4.69) is 24.7 Å². The van der Waals surface area contributed by atoms with Gasteiger partial charge >= 0.3 is 0 Å². The Bertz CT molecular complexity index is 676. The van der Waals surface area contributed by atoms with Gasteiger partial charge in [0.25, 0.3) is 0 Å². The molecule has 0 amide bonds. The van der Waals surface area contributed by atoms with E-state index in [1.54, 1.807) is 16.8 Å². The number of hydrogen-bond donors (Lipinski definition) is 2. The summed E-state index contributed by atoms with van der Waals surface area (Å²) in [5.41, 5.74) is 0.892. The molecule has 2 heterocycles. The molecule has 2 aromatic heterocycles. The predicted octanol–water partition coefficient (Wildman–Crippen LogP) is 0.385. The molecule has 0 radical (unpaired) electrons. The van der Waals surface area contributed by atoms with Crippen molar-refractivity contribution in [1.29, 1.82) is 0 Å². The molecule has 0 saturated carbocycles. The zero-order valence-corrected chi connectivity index (χ0v) is 13.0. The molecule has 0 fully saturated rings. The number of aromatic nitrogens is 3. The van der Waals surface area contributed by atoms with Gasteiger partial charge in [-0.25, -0.2) is 13.1 Å². The van der Waals surface area contributed by atoms with Crippen molar-refractivity contribution in [3.05, 3.63) is 30.2 Å². The normalized spacial score (nSPS) is 12.2. The van der Waals surface area contributed by atoms with Crippen LogP contribution in [-0.2, 0) is 30.2 Å². The summed E-state index contributed by atoms with van der Waals surface area (Å²) in [6, 6.07) is 1.98. The Hall–Kier alpha value is -1.71. The lowest BCUT2D eigenvalue weighted by Crippen LogP contribution is -2.23. The number of rotatable bonds is 7. The van der Waals surface area contributed by atoms with E-state index in [0.29, 0.717) is 12.6 Å². The van der Waals surface area contributed by atoms with Crippen LogP contribution in [-0.4, -0.2) is 29.2 Å². The topological polar surface area (TPSA) is 102 Å². The van der Waals surface area contributed by atoms with Crippen LogP contribution in [0.5, 0.6) is 0 Å². The summed E-state index contributed by atoms with van der Waals surface area (Å²) in [5.74, 6) is 0.288. The molecule has 9 heteroatoms. The van der Waals surface area contributed by atoms with Gasteiger partial charge in [0.15, 0.2) is 5.82 Å². The quantitative estimate of drug-likeness (QED) is 0.766. The maximum atomic E-state index is 12.2. The van der Waals surface area contributed by atoms with Gasteiger partial charge in [-0.05, 0) is 6.07 Å². The fourth-order valence-corrected chi connectivity index (χ4v) is 2.80. The maximum absolute atomic E-state index is 12.2. The van der Waals surface area contributed by atoms with Crippen molar-refractivity contribution in [3.8, 4) is 0 Å². The summed E-state index contributed by atoms with van der Waals surface area (Å²) in [6.45, 7) is 4.67. The minimum atomic E-state index is -3.60. The zero-order chi connectivity index (χ0) is 15.5. The zero-order valence-electron chi connectivity index (χ0n) is 12.2. The summed E-state index contributed by atoms with van der Waals surface area (Å²) in [6.07, 6.45) is 2.73. The van der Waals surface area contributed by atoms with Gasteiger partial charge in [0, 0.05) is 31.5 Å². The minimum Gasteiger partial charge on any atom is -0.352 e. The molecule has 0 aliphatic rings. The van der Waals surface area contributed by atoms with Crippen LogP contribution in [0.15, 0.2) is 28.1 Å². The van der Waals surface area contributed by atoms with Gasteiger partial charge in [0.05, 0.1) is 11.4 Å². The van der Waals surface area contributed by atoms with Crippen molar-refractivity contribution < 1.29 is 12.9 Å². The van der Waals surface area contributed by atoms with Crippen LogP contribution in [0.4, 0.5) is 0 Å². The number of sulfonamides is 1. The lowest BCUT2D eigenvalue weighted by Gasteiger charge is -2.08. The van der Waals surface area contributed by atoms with Crippen molar-refractivity contribution in [1.82, 2.24) is 24.7 Å². The van der Waals surface area contributed by atoms with Crippen LogP contribution in [0, 0.1) is 0 Å². The molecule has 0 aromatic carbocycles. The molecular formula is C12H19N5O3S. The molecule has 2 rings (SSSR count). The molecule has 0 aliphatic heterocycles. The first-order chi connectivity index (χ1) is 9.88. The Morgan fingerprint density at radius 2 is 2.14 bits per heavy atom. The van der Waals surface area contributed by atoms with Gasteiger partial charge in [-0.2, -0.15) is 4.98 Å². The number of aryl methyl sites for hydroxylation is 1. The second-order valence-corrected chi connectivity index (χ2v) is 6.75. The third-order valence-electron chi connectivity index (χ3n) is 2.91. The first-order valence-electron chi connectivity index (χ1n) is 6.52. The highest BCUT2D eigenvalue weighted by atomic mass is 32.2. The Balaban J connectivity index is 2.07. The SMILES string of the molecule is CC(C)NCc1cc(S(=O)(=O)NCc2ncon2)cn1C. The second-order valence-electron chi connectivity index (χ2n) is 4.99. The molecule has 0 atom stereocenters. The van der Waals surface area contributed by atoms with Crippen molar-refractivity contribution in [2.75, 3.05) is 0 Å². The van der Waals surface area contributed by atoms with Crippen molar-refractivity contribution in [2.24, 2.45) is 7.05 Å². The van der Waals surface area contributed by atoms with E-state index in [1.165, 1.54) is 0 Å². The summed E-state index contributed by atoms with van der Waals surface area (Å²) in [5, 5.41) is 6.81. The number of nitrogens with zero attached hydrogens (tertiary/aromatic N) is 3. The summed E-state index contributed by atoms with van der Waals surface area (Å²) >= 11 is 0. The predicted molar refractivity (Wildman–Crippen MR) is 75.7 cm³/mol. The third kappa shape index (κ3) is 4.13. The van der Waals surface area contributed by atoms with Crippen LogP contribution in [0.25, 0.3) is 0 Å². The van der Waals surface area contributed by atoms with E-state index in [1.807, 2.05) is 20.9 Å². The average molecular weight is 313 g/mol. The monoisotopic (exact) mass is 313 g/mol. The van der Waals surface area contributed by atoms with Crippen molar-refractivity contribution >= 4 is 10.0 Å². The molecular weight excluding hydrogens is 294 g/mol. The molecule has 2 aromatic rings. The van der Waals surface area contributed by atoms with E-state index in [9.17, 15) is 8.42 Å². The molecule has 0 aliphatic carbocycles. The van der Waals surface area contributed by atoms with Gasteiger partial charge in [0.2, 0.25) is 16.4 Å². The average Bonchev–Trinajstić information content (AvgIpc) is 3.04. The Morgan fingerprint density at radius 3 is 2.76 bits per heavy atom. The molecule has 2 N–H and O–H groups in total. The molecule has 0 bridgehead atoms. The fourth-order valence-electron chi connectivity index (χ4n) is 1.72. The Labute approximate surface area is 123 Å². The van der Waals surface area contributed by atoms with Crippen LogP contribution in [0.3, 0.4) is 0 Å². The van der Waals surface area contributed by atoms with Crippen LogP contribution in [0.2, 0.25) is 0 Å². The lowest BCUT2D eigenvalue weighted by atomic mass is 10.3. The standard InChI is InChI=1S/C12H19N5O3S/c1-9(2)13-5-10-4-11(7-17(10)3)21(18,19)15-6-12-14-8-20-16-12/h4,7-9,13,15H,5-6H2,1-3H3.